The number of amides is 3. The summed E-state index contributed by atoms with van der Waals surface area (Å²) in [4.78, 5) is 37.1. The summed E-state index contributed by atoms with van der Waals surface area (Å²) in [5.41, 5.74) is 1.21. The minimum Gasteiger partial charge on any atom is -0.322 e. The zero-order chi connectivity index (χ0) is 17.3. The third-order valence-corrected chi connectivity index (χ3v) is 4.33. The number of carbonyl (C=O) groups is 3. The molecule has 122 valence electrons. The van der Waals surface area contributed by atoms with Crippen LogP contribution in [0.15, 0.2) is 42.5 Å². The van der Waals surface area contributed by atoms with E-state index >= 15 is 0 Å². The van der Waals surface area contributed by atoms with Gasteiger partial charge in [-0.3, -0.25) is 19.3 Å². The largest absolute Gasteiger partial charge is 0.322 e. The average molecular weight is 363 g/mol. The molecule has 0 bridgehead atoms. The Balaban J connectivity index is 1.83. The Bertz CT molecular complexity index is 835. The number of rotatable bonds is 3. The van der Waals surface area contributed by atoms with E-state index in [2.05, 4.69) is 5.32 Å². The third kappa shape index (κ3) is 3.27. The van der Waals surface area contributed by atoms with E-state index in [1.54, 1.807) is 36.4 Å². The molecule has 1 aliphatic rings. The molecule has 0 aliphatic carbocycles. The second kappa shape index (κ2) is 6.63. The number of nitrogens with one attached hydrogen (secondary N) is 1. The lowest BCUT2D eigenvalue weighted by molar-refractivity contribution is -0.121. The highest BCUT2D eigenvalue weighted by molar-refractivity contribution is 6.42. The number of hydrogen-bond acceptors (Lipinski definition) is 3. The molecule has 0 atom stereocenters. The van der Waals surface area contributed by atoms with Crippen LogP contribution >= 0.6 is 23.2 Å². The number of hydrogen-bond donors (Lipinski definition) is 1. The quantitative estimate of drug-likeness (QED) is 0.842. The molecule has 3 amide bonds. The van der Waals surface area contributed by atoms with Crippen LogP contribution in [0, 0.1) is 0 Å². The van der Waals surface area contributed by atoms with Crippen LogP contribution in [0.2, 0.25) is 10.0 Å². The Morgan fingerprint density at radius 3 is 2.33 bits per heavy atom. The van der Waals surface area contributed by atoms with Crippen LogP contribution in [-0.2, 0) is 9.59 Å². The predicted octanol–water partition coefficient (Wildman–Crippen LogP) is 3.90. The van der Waals surface area contributed by atoms with Crippen molar-refractivity contribution in [1.82, 2.24) is 0 Å². The summed E-state index contributed by atoms with van der Waals surface area (Å²) in [7, 11) is 0. The average Bonchev–Trinajstić information content (AvgIpc) is 2.90. The molecule has 0 unspecified atom stereocenters. The Kier molecular flexibility index (Phi) is 4.55. The SMILES string of the molecule is O=C(Nc1ccc(Cl)c(Cl)c1)c1cccc(N2C(=O)CCC2=O)c1. The van der Waals surface area contributed by atoms with Gasteiger partial charge in [0.2, 0.25) is 11.8 Å². The molecule has 2 aromatic rings. The van der Waals surface area contributed by atoms with Gasteiger partial charge in [0, 0.05) is 24.1 Å². The van der Waals surface area contributed by atoms with Crippen LogP contribution in [0.1, 0.15) is 23.2 Å². The van der Waals surface area contributed by atoms with Gasteiger partial charge in [0.05, 0.1) is 15.7 Å². The van der Waals surface area contributed by atoms with Crippen LogP contribution in [-0.4, -0.2) is 17.7 Å². The van der Waals surface area contributed by atoms with Crippen molar-refractivity contribution < 1.29 is 14.4 Å². The van der Waals surface area contributed by atoms with Gasteiger partial charge < -0.3 is 5.32 Å². The van der Waals surface area contributed by atoms with Crippen molar-refractivity contribution in [3.05, 3.63) is 58.1 Å². The summed E-state index contributed by atoms with van der Waals surface area (Å²) in [5, 5.41) is 3.42. The van der Waals surface area contributed by atoms with Gasteiger partial charge in [0.15, 0.2) is 0 Å². The topological polar surface area (TPSA) is 66.5 Å². The van der Waals surface area contributed by atoms with Gasteiger partial charge >= 0.3 is 0 Å². The molecule has 1 N–H and O–H groups in total. The maximum Gasteiger partial charge on any atom is 0.255 e. The standard InChI is InChI=1S/C17H12Cl2N2O3/c18-13-5-4-11(9-14(13)19)20-17(24)10-2-1-3-12(8-10)21-15(22)6-7-16(21)23/h1-5,8-9H,6-7H2,(H,20,24). The number of benzene rings is 2. The van der Waals surface area contributed by atoms with E-state index in [1.165, 1.54) is 6.07 Å². The maximum atomic E-state index is 12.4. The Morgan fingerprint density at radius 1 is 0.958 bits per heavy atom. The van der Waals surface area contributed by atoms with Gasteiger partial charge in [-0.1, -0.05) is 29.3 Å². The molecule has 24 heavy (non-hydrogen) atoms. The summed E-state index contributed by atoms with van der Waals surface area (Å²) < 4.78 is 0. The van der Waals surface area contributed by atoms with E-state index in [-0.39, 0.29) is 30.6 Å². The molecule has 3 rings (SSSR count). The van der Waals surface area contributed by atoms with Crippen molar-refractivity contribution in [2.45, 2.75) is 12.8 Å². The van der Waals surface area contributed by atoms with Crippen molar-refractivity contribution in [2.24, 2.45) is 0 Å². The number of anilines is 2. The Hall–Kier alpha value is -2.37. The molecule has 0 radical (unpaired) electrons. The van der Waals surface area contributed by atoms with Gasteiger partial charge in [-0.2, -0.15) is 0 Å². The van der Waals surface area contributed by atoms with Crippen molar-refractivity contribution in [3.8, 4) is 0 Å². The molecular weight excluding hydrogens is 351 g/mol. The van der Waals surface area contributed by atoms with Crippen LogP contribution in [0.25, 0.3) is 0 Å². The third-order valence-electron chi connectivity index (χ3n) is 3.60. The fourth-order valence-electron chi connectivity index (χ4n) is 2.43. The molecule has 5 nitrogen and oxygen atoms in total. The highest BCUT2D eigenvalue weighted by Crippen LogP contribution is 2.26. The summed E-state index contributed by atoms with van der Waals surface area (Å²) >= 11 is 11.8. The number of nitrogens with zero attached hydrogens (tertiary/aromatic N) is 1. The summed E-state index contributed by atoms with van der Waals surface area (Å²) in [6.45, 7) is 0. The van der Waals surface area contributed by atoms with Crippen molar-refractivity contribution in [2.75, 3.05) is 10.2 Å². The molecule has 2 aromatic carbocycles. The molecule has 0 saturated carbocycles. The van der Waals surface area contributed by atoms with Crippen molar-refractivity contribution in [3.63, 3.8) is 0 Å². The highest BCUT2D eigenvalue weighted by Gasteiger charge is 2.30. The fraction of sp³-hybridized carbons (Fsp3) is 0.118. The number of halogens is 2. The maximum absolute atomic E-state index is 12.4. The Labute approximate surface area is 148 Å². The molecular formula is C17H12Cl2N2O3. The minimum absolute atomic E-state index is 0.193. The first-order chi connectivity index (χ1) is 11.5. The van der Waals surface area contributed by atoms with Gasteiger partial charge in [-0.15, -0.1) is 0 Å². The van der Waals surface area contributed by atoms with Crippen molar-refractivity contribution in [1.29, 1.82) is 0 Å². The first-order valence-electron chi connectivity index (χ1n) is 7.18. The number of imide groups is 1. The molecule has 1 fully saturated rings. The lowest BCUT2D eigenvalue weighted by Gasteiger charge is -2.15. The van der Waals surface area contributed by atoms with Gasteiger partial charge in [-0.25, -0.2) is 0 Å². The van der Waals surface area contributed by atoms with Crippen molar-refractivity contribution >= 4 is 52.3 Å². The van der Waals surface area contributed by atoms with E-state index in [0.29, 0.717) is 27.0 Å². The summed E-state index contributed by atoms with van der Waals surface area (Å²) in [5.74, 6) is -0.904. The molecule has 1 saturated heterocycles. The lowest BCUT2D eigenvalue weighted by Crippen LogP contribution is -2.28. The molecule has 7 heteroatoms. The van der Waals surface area contributed by atoms with Gasteiger partial charge in [0.25, 0.3) is 5.91 Å². The van der Waals surface area contributed by atoms with Crippen LogP contribution in [0.4, 0.5) is 11.4 Å². The Morgan fingerprint density at radius 2 is 1.67 bits per heavy atom. The summed E-state index contributed by atoms with van der Waals surface area (Å²) in [6, 6.07) is 11.1. The second-order valence-corrected chi connectivity index (χ2v) is 6.07. The molecule has 0 aromatic heterocycles. The monoisotopic (exact) mass is 362 g/mol. The molecule has 1 aliphatic heterocycles. The first-order valence-corrected chi connectivity index (χ1v) is 7.93. The van der Waals surface area contributed by atoms with Crippen LogP contribution in [0.5, 0.6) is 0 Å². The zero-order valence-corrected chi connectivity index (χ0v) is 13.9. The van der Waals surface area contributed by atoms with E-state index < -0.39 is 0 Å². The fourth-order valence-corrected chi connectivity index (χ4v) is 2.73. The highest BCUT2D eigenvalue weighted by atomic mass is 35.5. The normalized spacial score (nSPS) is 14.2. The molecule has 1 heterocycles. The zero-order valence-electron chi connectivity index (χ0n) is 12.4. The number of carbonyl (C=O) groups excluding carboxylic acids is 3. The van der Waals surface area contributed by atoms with Gasteiger partial charge in [-0.05, 0) is 36.4 Å². The predicted molar refractivity (Wildman–Crippen MR) is 92.6 cm³/mol. The van der Waals surface area contributed by atoms with Gasteiger partial charge in [0.1, 0.15) is 0 Å². The van der Waals surface area contributed by atoms with Crippen LogP contribution < -0.4 is 10.2 Å². The van der Waals surface area contributed by atoms with E-state index in [1.807, 2.05) is 0 Å². The lowest BCUT2D eigenvalue weighted by atomic mass is 10.1. The molecule has 0 spiro atoms. The van der Waals surface area contributed by atoms with Crippen LogP contribution in [0.3, 0.4) is 0 Å². The minimum atomic E-state index is -0.380. The van der Waals surface area contributed by atoms with E-state index in [0.717, 1.165) is 4.90 Å². The van der Waals surface area contributed by atoms with E-state index in [4.69, 9.17) is 23.2 Å². The smallest absolute Gasteiger partial charge is 0.255 e. The second-order valence-electron chi connectivity index (χ2n) is 5.26. The summed E-state index contributed by atoms with van der Waals surface area (Å²) in [6.07, 6.45) is 0.386. The van der Waals surface area contributed by atoms with E-state index in [9.17, 15) is 14.4 Å². The first kappa shape index (κ1) is 16.5.